The molecule has 1 aromatic rings. The van der Waals surface area contributed by atoms with Crippen molar-refractivity contribution in [2.24, 2.45) is 5.41 Å². The Bertz CT molecular complexity index is 473. The lowest BCUT2D eigenvalue weighted by atomic mass is 10.1. The topological polar surface area (TPSA) is 50.4 Å². The molecule has 1 fully saturated rings. The van der Waals surface area contributed by atoms with E-state index >= 15 is 0 Å². The van der Waals surface area contributed by atoms with Gasteiger partial charge in [-0.25, -0.2) is 4.39 Å². The smallest absolute Gasteiger partial charge is 0.227 e. The van der Waals surface area contributed by atoms with E-state index in [0.29, 0.717) is 17.9 Å². The number of hydrogen-bond donors (Lipinski definition) is 2. The number of rotatable bonds is 6. The molecule has 1 aliphatic carbocycles. The lowest BCUT2D eigenvalue weighted by Gasteiger charge is -2.15. The first-order valence-electron chi connectivity index (χ1n) is 6.36. The molecular formula is C14H19FN2O2. The summed E-state index contributed by atoms with van der Waals surface area (Å²) in [5.74, 6) is 0.273. The second-order valence-electron chi connectivity index (χ2n) is 4.95. The highest BCUT2D eigenvalue weighted by atomic mass is 19.1. The summed E-state index contributed by atoms with van der Waals surface area (Å²) in [6, 6.07) is 4.29. The van der Waals surface area contributed by atoms with Crippen LogP contribution < -0.4 is 15.4 Å². The van der Waals surface area contributed by atoms with Crippen LogP contribution in [-0.4, -0.2) is 26.6 Å². The van der Waals surface area contributed by atoms with Gasteiger partial charge in [-0.15, -0.1) is 0 Å². The SMILES string of the molecule is CNCC1(C(=O)NCc2cc(F)ccc2OC)CC1. The summed E-state index contributed by atoms with van der Waals surface area (Å²) < 4.78 is 18.3. The summed E-state index contributed by atoms with van der Waals surface area (Å²) in [5.41, 5.74) is 0.381. The maximum atomic E-state index is 13.2. The summed E-state index contributed by atoms with van der Waals surface area (Å²) >= 11 is 0. The normalized spacial score (nSPS) is 15.9. The number of methoxy groups -OCH3 is 1. The van der Waals surface area contributed by atoms with E-state index in [1.165, 1.54) is 19.2 Å². The minimum Gasteiger partial charge on any atom is -0.496 e. The first-order chi connectivity index (χ1) is 9.11. The molecule has 0 bridgehead atoms. The zero-order valence-electron chi connectivity index (χ0n) is 11.3. The maximum absolute atomic E-state index is 13.2. The van der Waals surface area contributed by atoms with Crippen molar-refractivity contribution in [3.8, 4) is 5.75 Å². The van der Waals surface area contributed by atoms with E-state index in [9.17, 15) is 9.18 Å². The maximum Gasteiger partial charge on any atom is 0.227 e. The third kappa shape index (κ3) is 3.04. The second-order valence-corrected chi connectivity index (χ2v) is 4.95. The number of benzene rings is 1. The Kier molecular flexibility index (Phi) is 4.04. The van der Waals surface area contributed by atoms with Gasteiger partial charge in [-0.2, -0.15) is 0 Å². The zero-order chi connectivity index (χ0) is 13.9. The average Bonchev–Trinajstić information content (AvgIpc) is 3.17. The van der Waals surface area contributed by atoms with E-state index < -0.39 is 0 Å². The highest BCUT2D eigenvalue weighted by Gasteiger charge is 2.48. The third-order valence-electron chi connectivity index (χ3n) is 3.53. The largest absolute Gasteiger partial charge is 0.496 e. The van der Waals surface area contributed by atoms with Gasteiger partial charge < -0.3 is 15.4 Å². The molecule has 2 rings (SSSR count). The van der Waals surface area contributed by atoms with Crippen LogP contribution >= 0.6 is 0 Å². The van der Waals surface area contributed by atoms with Crippen molar-refractivity contribution >= 4 is 5.91 Å². The summed E-state index contributed by atoms with van der Waals surface area (Å²) in [7, 11) is 3.37. The van der Waals surface area contributed by atoms with Gasteiger partial charge in [0.25, 0.3) is 0 Å². The highest BCUT2D eigenvalue weighted by Crippen LogP contribution is 2.45. The first kappa shape index (κ1) is 13.8. The molecule has 0 spiro atoms. The van der Waals surface area contributed by atoms with Crippen molar-refractivity contribution in [3.05, 3.63) is 29.6 Å². The van der Waals surface area contributed by atoms with Crippen LogP contribution in [0.4, 0.5) is 4.39 Å². The third-order valence-corrected chi connectivity index (χ3v) is 3.53. The van der Waals surface area contributed by atoms with Gasteiger partial charge in [-0.3, -0.25) is 4.79 Å². The summed E-state index contributed by atoms with van der Waals surface area (Å²) in [5, 5.41) is 5.90. The summed E-state index contributed by atoms with van der Waals surface area (Å²) in [6.45, 7) is 0.963. The Morgan fingerprint density at radius 3 is 2.79 bits per heavy atom. The van der Waals surface area contributed by atoms with Gasteiger partial charge >= 0.3 is 0 Å². The zero-order valence-corrected chi connectivity index (χ0v) is 11.3. The van der Waals surface area contributed by atoms with E-state index in [4.69, 9.17) is 4.74 Å². The number of carbonyl (C=O) groups excluding carboxylic acids is 1. The average molecular weight is 266 g/mol. The second kappa shape index (κ2) is 5.57. The molecule has 19 heavy (non-hydrogen) atoms. The van der Waals surface area contributed by atoms with Gasteiger partial charge in [-0.1, -0.05) is 0 Å². The molecule has 0 heterocycles. The van der Waals surface area contributed by atoms with Gasteiger partial charge in [0, 0.05) is 18.7 Å². The fourth-order valence-electron chi connectivity index (χ4n) is 2.22. The van der Waals surface area contributed by atoms with Crippen LogP contribution in [0.1, 0.15) is 18.4 Å². The van der Waals surface area contributed by atoms with Gasteiger partial charge in [-0.05, 0) is 38.1 Å². The molecule has 1 saturated carbocycles. The van der Waals surface area contributed by atoms with Crippen LogP contribution in [0.5, 0.6) is 5.75 Å². The van der Waals surface area contributed by atoms with Crippen molar-refractivity contribution in [1.82, 2.24) is 10.6 Å². The Morgan fingerprint density at radius 2 is 2.21 bits per heavy atom. The number of hydrogen-bond acceptors (Lipinski definition) is 3. The van der Waals surface area contributed by atoms with Crippen LogP contribution in [0.25, 0.3) is 0 Å². The summed E-state index contributed by atoms with van der Waals surface area (Å²) in [6.07, 6.45) is 1.81. The Balaban J connectivity index is 1.99. The van der Waals surface area contributed by atoms with Gasteiger partial charge in [0.1, 0.15) is 11.6 Å². The molecule has 0 unspecified atom stereocenters. The molecule has 1 aliphatic rings. The van der Waals surface area contributed by atoms with E-state index in [2.05, 4.69) is 10.6 Å². The van der Waals surface area contributed by atoms with Gasteiger partial charge in [0.05, 0.1) is 12.5 Å². The number of ether oxygens (including phenoxy) is 1. The van der Waals surface area contributed by atoms with Crippen molar-refractivity contribution < 1.29 is 13.9 Å². The van der Waals surface area contributed by atoms with Crippen LogP contribution in [0.2, 0.25) is 0 Å². The van der Waals surface area contributed by atoms with E-state index in [1.807, 2.05) is 7.05 Å². The molecule has 2 N–H and O–H groups in total. The van der Waals surface area contributed by atoms with Crippen molar-refractivity contribution in [2.45, 2.75) is 19.4 Å². The highest BCUT2D eigenvalue weighted by molar-refractivity contribution is 5.85. The first-order valence-corrected chi connectivity index (χ1v) is 6.36. The van der Waals surface area contributed by atoms with Crippen LogP contribution in [0, 0.1) is 11.2 Å². The molecule has 1 aromatic carbocycles. The lowest BCUT2D eigenvalue weighted by molar-refractivity contribution is -0.126. The number of amides is 1. The Hall–Kier alpha value is -1.62. The fourth-order valence-corrected chi connectivity index (χ4v) is 2.22. The van der Waals surface area contributed by atoms with Crippen molar-refractivity contribution in [1.29, 1.82) is 0 Å². The quantitative estimate of drug-likeness (QED) is 0.819. The predicted octanol–water partition coefficient (Wildman–Crippen LogP) is 1.45. The van der Waals surface area contributed by atoms with Gasteiger partial charge in [0.15, 0.2) is 0 Å². The van der Waals surface area contributed by atoms with Crippen molar-refractivity contribution in [3.63, 3.8) is 0 Å². The molecule has 0 atom stereocenters. The van der Waals surface area contributed by atoms with Crippen molar-refractivity contribution in [2.75, 3.05) is 20.7 Å². The van der Waals surface area contributed by atoms with Crippen LogP contribution in [0.15, 0.2) is 18.2 Å². The minimum atomic E-state index is -0.332. The molecular weight excluding hydrogens is 247 g/mol. The number of nitrogens with one attached hydrogen (secondary N) is 2. The van der Waals surface area contributed by atoms with E-state index in [-0.39, 0.29) is 23.7 Å². The minimum absolute atomic E-state index is 0.0214. The fraction of sp³-hybridized carbons (Fsp3) is 0.500. The standard InChI is InChI=1S/C14H19FN2O2/c1-16-9-14(5-6-14)13(18)17-8-10-7-11(15)3-4-12(10)19-2/h3-4,7,16H,5-6,8-9H2,1-2H3,(H,17,18). The molecule has 0 aliphatic heterocycles. The molecule has 0 aromatic heterocycles. The van der Waals surface area contributed by atoms with Crippen LogP contribution in [-0.2, 0) is 11.3 Å². The molecule has 104 valence electrons. The molecule has 0 radical (unpaired) electrons. The molecule has 0 saturated heterocycles. The Morgan fingerprint density at radius 1 is 1.47 bits per heavy atom. The predicted molar refractivity (Wildman–Crippen MR) is 70.4 cm³/mol. The van der Waals surface area contributed by atoms with E-state index in [1.54, 1.807) is 6.07 Å². The Labute approximate surface area is 112 Å². The van der Waals surface area contributed by atoms with Gasteiger partial charge in [0.2, 0.25) is 5.91 Å². The van der Waals surface area contributed by atoms with E-state index in [0.717, 1.165) is 12.8 Å². The molecule has 1 amide bonds. The lowest BCUT2D eigenvalue weighted by Crippen LogP contribution is -2.37. The molecule has 5 heteroatoms. The number of halogens is 1. The van der Waals surface area contributed by atoms with Crippen LogP contribution in [0.3, 0.4) is 0 Å². The molecule has 4 nitrogen and oxygen atoms in total. The number of carbonyl (C=O) groups is 1. The monoisotopic (exact) mass is 266 g/mol. The summed E-state index contributed by atoms with van der Waals surface area (Å²) in [4.78, 5) is 12.1.